The van der Waals surface area contributed by atoms with Gasteiger partial charge in [0, 0.05) is 0 Å². The first kappa shape index (κ1) is 30.5. The minimum atomic E-state index is 0.139. The quantitative estimate of drug-likeness (QED) is 0.266. The third-order valence-electron chi connectivity index (χ3n) is 10.4. The van der Waals surface area contributed by atoms with E-state index >= 15 is 0 Å². The molecule has 0 bridgehead atoms. The predicted molar refractivity (Wildman–Crippen MR) is 169 cm³/mol. The molecule has 6 heteroatoms. The maximum Gasteiger partial charge on any atom is 0.211 e. The topological polar surface area (TPSA) is 46.2 Å². The lowest BCUT2D eigenvalue weighted by Gasteiger charge is -2.34. The normalized spacial score (nSPS) is 24.3. The fourth-order valence-electron chi connectivity index (χ4n) is 7.89. The monoisotopic (exact) mass is 602 g/mol. The van der Waals surface area contributed by atoms with E-state index in [4.69, 9.17) is 35.3 Å². The number of halogens is 1. The second-order valence-corrected chi connectivity index (χ2v) is 14.2. The standard InChI is InChI=1S/C36H55ClO5/c37-31-32(38-26-16-6-1-7-17-26)34(40-28-20-10-3-11-21-28)36(42-30-24-14-5-15-25-30)35(41-29-22-12-4-13-23-29)33(31)39-27-18-8-2-9-19-27/h26-30H,1-25H2. The molecule has 5 saturated carbocycles. The highest BCUT2D eigenvalue weighted by atomic mass is 35.5. The molecule has 5 aliphatic carbocycles. The van der Waals surface area contributed by atoms with Crippen molar-refractivity contribution in [2.45, 2.75) is 191 Å². The zero-order chi connectivity index (χ0) is 28.6. The molecule has 0 aliphatic heterocycles. The van der Waals surface area contributed by atoms with Gasteiger partial charge in [-0.25, -0.2) is 0 Å². The Labute approximate surface area is 259 Å². The van der Waals surface area contributed by atoms with Crippen LogP contribution in [0.25, 0.3) is 0 Å². The first-order chi connectivity index (χ1) is 20.7. The summed E-state index contributed by atoms with van der Waals surface area (Å²) in [6.07, 6.45) is 29.6. The van der Waals surface area contributed by atoms with E-state index in [-0.39, 0.29) is 30.5 Å². The van der Waals surface area contributed by atoms with Crippen LogP contribution in [-0.2, 0) is 0 Å². The molecular formula is C36H55ClO5. The van der Waals surface area contributed by atoms with E-state index in [9.17, 15) is 0 Å². The molecule has 5 nitrogen and oxygen atoms in total. The molecule has 0 amide bonds. The Morgan fingerprint density at radius 3 is 0.714 bits per heavy atom. The Bertz CT molecular complexity index is 902. The average Bonchev–Trinajstić information content (AvgIpc) is 3.05. The highest BCUT2D eigenvalue weighted by Gasteiger charge is 2.36. The lowest BCUT2D eigenvalue weighted by molar-refractivity contribution is 0.0870. The van der Waals surface area contributed by atoms with Gasteiger partial charge in [0.2, 0.25) is 17.2 Å². The van der Waals surface area contributed by atoms with E-state index in [2.05, 4.69) is 0 Å². The molecule has 6 rings (SSSR count). The minimum Gasteiger partial charge on any atom is -0.485 e. The molecular weight excluding hydrogens is 548 g/mol. The van der Waals surface area contributed by atoms with Gasteiger partial charge in [-0.15, -0.1) is 0 Å². The molecule has 5 aliphatic rings. The zero-order valence-corrected chi connectivity index (χ0v) is 26.7. The molecule has 0 N–H and O–H groups in total. The molecule has 42 heavy (non-hydrogen) atoms. The van der Waals surface area contributed by atoms with Crippen LogP contribution in [0.4, 0.5) is 0 Å². The first-order valence-corrected chi connectivity index (χ1v) is 18.3. The number of rotatable bonds is 10. The van der Waals surface area contributed by atoms with Gasteiger partial charge in [-0.05, 0) is 128 Å². The van der Waals surface area contributed by atoms with Crippen LogP contribution in [0.3, 0.4) is 0 Å². The molecule has 0 aromatic heterocycles. The summed E-state index contributed by atoms with van der Waals surface area (Å²) >= 11 is 7.44. The van der Waals surface area contributed by atoms with Crippen molar-refractivity contribution in [2.75, 3.05) is 0 Å². The van der Waals surface area contributed by atoms with Gasteiger partial charge in [0.25, 0.3) is 0 Å². The van der Waals surface area contributed by atoms with E-state index in [0.717, 1.165) is 64.2 Å². The van der Waals surface area contributed by atoms with Crippen molar-refractivity contribution in [3.05, 3.63) is 5.02 Å². The van der Waals surface area contributed by atoms with Crippen LogP contribution in [0, 0.1) is 0 Å². The molecule has 0 saturated heterocycles. The van der Waals surface area contributed by atoms with Crippen molar-refractivity contribution in [1.29, 1.82) is 0 Å². The van der Waals surface area contributed by atoms with Gasteiger partial charge in [0.1, 0.15) is 5.02 Å². The highest BCUT2D eigenvalue weighted by Crippen LogP contribution is 2.59. The summed E-state index contributed by atoms with van der Waals surface area (Å²) in [5, 5.41) is 0.527. The van der Waals surface area contributed by atoms with Crippen LogP contribution in [0.2, 0.25) is 5.02 Å². The van der Waals surface area contributed by atoms with Gasteiger partial charge in [-0.3, -0.25) is 0 Å². The van der Waals surface area contributed by atoms with Gasteiger partial charge >= 0.3 is 0 Å². The third kappa shape index (κ3) is 7.96. The molecule has 0 spiro atoms. The summed E-state index contributed by atoms with van der Waals surface area (Å²) in [6.45, 7) is 0. The van der Waals surface area contributed by atoms with Gasteiger partial charge in [-0.1, -0.05) is 43.7 Å². The molecule has 1 aromatic carbocycles. The molecule has 236 valence electrons. The number of ether oxygens (including phenoxy) is 5. The summed E-state index contributed by atoms with van der Waals surface area (Å²) in [5.74, 6) is 3.36. The van der Waals surface area contributed by atoms with Crippen LogP contribution >= 0.6 is 11.6 Å². The Hall–Kier alpha value is -1.49. The van der Waals surface area contributed by atoms with Gasteiger partial charge < -0.3 is 23.7 Å². The zero-order valence-electron chi connectivity index (χ0n) is 26.0. The largest absolute Gasteiger partial charge is 0.485 e. The van der Waals surface area contributed by atoms with E-state index in [1.807, 2.05) is 0 Å². The van der Waals surface area contributed by atoms with Crippen molar-refractivity contribution in [3.63, 3.8) is 0 Å². The Balaban J connectivity index is 1.45. The van der Waals surface area contributed by atoms with E-state index in [1.54, 1.807) is 0 Å². The molecule has 1 aromatic rings. The van der Waals surface area contributed by atoms with Crippen molar-refractivity contribution < 1.29 is 23.7 Å². The van der Waals surface area contributed by atoms with Gasteiger partial charge in [-0.2, -0.15) is 0 Å². The Kier molecular flexibility index (Phi) is 11.3. The predicted octanol–water partition coefficient (Wildman–Crippen LogP) is 10.9. The SMILES string of the molecule is Clc1c(OC2CCCCC2)c(OC2CCCCC2)c(OC2CCCCC2)c(OC2CCCCC2)c1OC1CCCCC1. The summed E-state index contributed by atoms with van der Waals surface area (Å²) in [5.41, 5.74) is 0. The van der Waals surface area contributed by atoms with Crippen molar-refractivity contribution in [3.8, 4) is 28.7 Å². The maximum absolute atomic E-state index is 7.44. The van der Waals surface area contributed by atoms with Crippen molar-refractivity contribution in [2.24, 2.45) is 0 Å². The Morgan fingerprint density at radius 2 is 0.476 bits per heavy atom. The second-order valence-electron chi connectivity index (χ2n) is 13.8. The number of hydrogen-bond donors (Lipinski definition) is 0. The minimum absolute atomic E-state index is 0.139. The van der Waals surface area contributed by atoms with Crippen LogP contribution in [0.5, 0.6) is 28.7 Å². The van der Waals surface area contributed by atoms with E-state index < -0.39 is 0 Å². The molecule has 5 fully saturated rings. The fourth-order valence-corrected chi connectivity index (χ4v) is 8.15. The van der Waals surface area contributed by atoms with Crippen LogP contribution < -0.4 is 23.7 Å². The lowest BCUT2D eigenvalue weighted by atomic mass is 9.96. The summed E-state index contributed by atoms with van der Waals surface area (Å²) < 4.78 is 34.8. The Morgan fingerprint density at radius 1 is 0.286 bits per heavy atom. The molecule has 0 unspecified atom stereocenters. The second kappa shape index (κ2) is 15.5. The fraction of sp³-hybridized carbons (Fsp3) is 0.833. The third-order valence-corrected chi connectivity index (χ3v) is 10.8. The molecule has 0 radical (unpaired) electrons. The van der Waals surface area contributed by atoms with Crippen LogP contribution in [0.15, 0.2) is 0 Å². The van der Waals surface area contributed by atoms with Crippen molar-refractivity contribution >= 4 is 11.6 Å². The van der Waals surface area contributed by atoms with E-state index in [1.165, 1.54) is 96.3 Å². The number of benzene rings is 1. The van der Waals surface area contributed by atoms with Crippen LogP contribution in [0.1, 0.15) is 161 Å². The first-order valence-electron chi connectivity index (χ1n) is 18.0. The molecule has 0 atom stereocenters. The average molecular weight is 603 g/mol. The molecule has 0 heterocycles. The van der Waals surface area contributed by atoms with E-state index in [0.29, 0.717) is 33.8 Å². The van der Waals surface area contributed by atoms with Crippen molar-refractivity contribution in [1.82, 2.24) is 0 Å². The number of hydrogen-bond acceptors (Lipinski definition) is 5. The summed E-state index contributed by atoms with van der Waals surface area (Å²) in [7, 11) is 0. The van der Waals surface area contributed by atoms with Gasteiger partial charge in [0.05, 0.1) is 30.5 Å². The van der Waals surface area contributed by atoms with Gasteiger partial charge in [0.15, 0.2) is 11.5 Å². The maximum atomic E-state index is 7.44. The lowest BCUT2D eigenvalue weighted by Crippen LogP contribution is -2.27. The summed E-state index contributed by atoms with van der Waals surface area (Å²) in [4.78, 5) is 0. The summed E-state index contributed by atoms with van der Waals surface area (Å²) in [6, 6.07) is 0. The smallest absolute Gasteiger partial charge is 0.211 e. The van der Waals surface area contributed by atoms with Crippen LogP contribution in [-0.4, -0.2) is 30.5 Å². The highest BCUT2D eigenvalue weighted by molar-refractivity contribution is 6.34.